The van der Waals surface area contributed by atoms with E-state index in [4.69, 9.17) is 4.74 Å². The van der Waals surface area contributed by atoms with Crippen LogP contribution in [-0.2, 0) is 0 Å². The van der Waals surface area contributed by atoms with Gasteiger partial charge in [0.25, 0.3) is 0 Å². The van der Waals surface area contributed by atoms with Crippen LogP contribution in [0.15, 0.2) is 42.5 Å². The summed E-state index contributed by atoms with van der Waals surface area (Å²) in [5.74, 6) is 0.464. The number of nitrogens with zero attached hydrogens (tertiary/aromatic N) is 1. The average Bonchev–Trinajstić information content (AvgIpc) is 2.59. The quantitative estimate of drug-likeness (QED) is 0.360. The van der Waals surface area contributed by atoms with Crippen molar-refractivity contribution in [1.82, 2.24) is 0 Å². The third-order valence-electron chi connectivity index (χ3n) is 4.15. The maximum absolute atomic E-state index is 11.4. The van der Waals surface area contributed by atoms with Gasteiger partial charge in [0, 0.05) is 6.07 Å². The van der Waals surface area contributed by atoms with E-state index in [9.17, 15) is 15.2 Å². The number of ether oxygens (including phenoxy) is 1. The molecule has 2 aromatic carbocycles. The Bertz CT molecular complexity index is 697. The second-order valence-electron chi connectivity index (χ2n) is 6.26. The molecule has 0 aliphatic carbocycles. The summed E-state index contributed by atoms with van der Waals surface area (Å²) in [6.07, 6.45) is 5.43. The van der Waals surface area contributed by atoms with Crippen LogP contribution in [0.3, 0.4) is 0 Å². The van der Waals surface area contributed by atoms with E-state index in [2.05, 4.69) is 6.92 Å². The minimum absolute atomic E-state index is 0.0361. The van der Waals surface area contributed by atoms with Gasteiger partial charge in [0.05, 0.1) is 11.0 Å². The lowest BCUT2D eigenvalue weighted by Gasteiger charge is -2.15. The van der Waals surface area contributed by atoms with Gasteiger partial charge >= 0.3 is 5.69 Å². The third-order valence-corrected chi connectivity index (χ3v) is 4.15. The zero-order valence-electron chi connectivity index (χ0n) is 14.8. The molecule has 5 nitrogen and oxygen atoms in total. The molecule has 0 heterocycles. The molecule has 0 spiro atoms. The van der Waals surface area contributed by atoms with Gasteiger partial charge in [0.1, 0.15) is 5.75 Å². The molecule has 0 aromatic heterocycles. The molecule has 0 bridgehead atoms. The number of benzene rings is 2. The number of phenolic OH excluding ortho intramolecular Hbond substituents is 1. The van der Waals surface area contributed by atoms with Crippen molar-refractivity contribution in [3.63, 3.8) is 0 Å². The van der Waals surface area contributed by atoms with Gasteiger partial charge in [-0.25, -0.2) is 0 Å². The highest BCUT2D eigenvalue weighted by Crippen LogP contribution is 2.33. The lowest BCUT2D eigenvalue weighted by molar-refractivity contribution is -0.386. The molecule has 2 rings (SSSR count). The standard InChI is InChI=1S/C20H25NO4/c1-3-4-5-6-7-15(2)25-20-13-10-17(14-19(20)21(23)24)16-8-11-18(22)12-9-16/h8-15,22H,3-7H2,1-2H3. The van der Waals surface area contributed by atoms with E-state index in [1.165, 1.54) is 18.9 Å². The van der Waals surface area contributed by atoms with Gasteiger partial charge in [-0.3, -0.25) is 10.1 Å². The molecule has 0 aliphatic rings. The van der Waals surface area contributed by atoms with Crippen molar-refractivity contribution in [2.24, 2.45) is 0 Å². The fourth-order valence-electron chi connectivity index (χ4n) is 2.73. The summed E-state index contributed by atoms with van der Waals surface area (Å²) in [4.78, 5) is 11.0. The fourth-order valence-corrected chi connectivity index (χ4v) is 2.73. The van der Waals surface area contributed by atoms with E-state index in [1.807, 2.05) is 6.92 Å². The van der Waals surface area contributed by atoms with Gasteiger partial charge in [-0.05, 0) is 49.1 Å². The Balaban J connectivity index is 2.13. The predicted octanol–water partition coefficient (Wildman–Crippen LogP) is 5.71. The third kappa shape index (κ3) is 5.48. The molecule has 2 aromatic rings. The fraction of sp³-hybridized carbons (Fsp3) is 0.400. The van der Waals surface area contributed by atoms with Crippen LogP contribution in [0.5, 0.6) is 11.5 Å². The lowest BCUT2D eigenvalue weighted by atomic mass is 10.0. The van der Waals surface area contributed by atoms with Crippen molar-refractivity contribution < 1.29 is 14.8 Å². The summed E-state index contributed by atoms with van der Waals surface area (Å²) in [5, 5.41) is 20.8. The highest BCUT2D eigenvalue weighted by molar-refractivity contribution is 5.69. The van der Waals surface area contributed by atoms with Crippen LogP contribution in [0, 0.1) is 10.1 Å². The molecule has 0 saturated heterocycles. The van der Waals surface area contributed by atoms with E-state index < -0.39 is 4.92 Å². The SMILES string of the molecule is CCCCCCC(C)Oc1ccc(-c2ccc(O)cc2)cc1[N+](=O)[O-]. The predicted molar refractivity (Wildman–Crippen MR) is 99.0 cm³/mol. The first-order chi connectivity index (χ1) is 12.0. The summed E-state index contributed by atoms with van der Waals surface area (Å²) >= 11 is 0. The number of aromatic hydroxyl groups is 1. The van der Waals surface area contributed by atoms with E-state index in [-0.39, 0.29) is 17.5 Å². The van der Waals surface area contributed by atoms with Crippen molar-refractivity contribution in [3.05, 3.63) is 52.6 Å². The monoisotopic (exact) mass is 343 g/mol. The van der Waals surface area contributed by atoms with Crippen LogP contribution in [0.4, 0.5) is 5.69 Å². The summed E-state index contributed by atoms with van der Waals surface area (Å²) in [6.45, 7) is 4.11. The first-order valence-electron chi connectivity index (χ1n) is 8.75. The van der Waals surface area contributed by atoms with Gasteiger partial charge in [0.2, 0.25) is 0 Å². The Hall–Kier alpha value is -2.56. The number of nitro benzene ring substituents is 1. The molecule has 0 fully saturated rings. The number of unbranched alkanes of at least 4 members (excludes halogenated alkanes) is 3. The minimum Gasteiger partial charge on any atom is -0.508 e. The van der Waals surface area contributed by atoms with Crippen LogP contribution >= 0.6 is 0 Å². The maximum atomic E-state index is 11.4. The average molecular weight is 343 g/mol. The molecule has 134 valence electrons. The van der Waals surface area contributed by atoms with Crippen molar-refractivity contribution in [1.29, 1.82) is 0 Å². The van der Waals surface area contributed by atoms with Gasteiger partial charge < -0.3 is 9.84 Å². The molecular weight excluding hydrogens is 318 g/mol. The number of hydrogen-bond donors (Lipinski definition) is 1. The normalized spacial score (nSPS) is 11.9. The number of phenols is 1. The molecular formula is C20H25NO4. The Labute approximate surface area is 148 Å². The van der Waals surface area contributed by atoms with Crippen molar-refractivity contribution in [2.45, 2.75) is 52.1 Å². The summed E-state index contributed by atoms with van der Waals surface area (Å²) in [6, 6.07) is 11.6. The van der Waals surface area contributed by atoms with Crippen LogP contribution in [0.2, 0.25) is 0 Å². The zero-order chi connectivity index (χ0) is 18.2. The molecule has 0 aliphatic heterocycles. The second kappa shape index (κ2) is 9.06. The van der Waals surface area contributed by atoms with Crippen LogP contribution < -0.4 is 4.74 Å². The smallest absolute Gasteiger partial charge is 0.311 e. The van der Waals surface area contributed by atoms with Crippen molar-refractivity contribution >= 4 is 5.69 Å². The number of hydrogen-bond acceptors (Lipinski definition) is 4. The molecule has 0 amide bonds. The lowest BCUT2D eigenvalue weighted by Crippen LogP contribution is -2.12. The molecule has 1 atom stereocenters. The van der Waals surface area contributed by atoms with Crippen LogP contribution in [0.1, 0.15) is 46.0 Å². The Morgan fingerprint density at radius 3 is 2.40 bits per heavy atom. The van der Waals surface area contributed by atoms with E-state index in [0.717, 1.165) is 30.4 Å². The Morgan fingerprint density at radius 1 is 1.08 bits per heavy atom. The highest BCUT2D eigenvalue weighted by Gasteiger charge is 2.18. The van der Waals surface area contributed by atoms with Crippen molar-refractivity contribution in [2.75, 3.05) is 0 Å². The number of nitro groups is 1. The van der Waals surface area contributed by atoms with E-state index in [1.54, 1.807) is 36.4 Å². The first-order valence-corrected chi connectivity index (χ1v) is 8.75. The Morgan fingerprint density at radius 2 is 1.76 bits per heavy atom. The summed E-state index contributed by atoms with van der Waals surface area (Å²) < 4.78 is 5.82. The van der Waals surface area contributed by atoms with Crippen LogP contribution in [0.25, 0.3) is 11.1 Å². The minimum atomic E-state index is -0.414. The van der Waals surface area contributed by atoms with Gasteiger partial charge in [0.15, 0.2) is 5.75 Å². The summed E-state index contributed by atoms with van der Waals surface area (Å²) in [7, 11) is 0. The van der Waals surface area contributed by atoms with Gasteiger partial charge in [-0.2, -0.15) is 0 Å². The van der Waals surface area contributed by atoms with E-state index >= 15 is 0 Å². The second-order valence-corrected chi connectivity index (χ2v) is 6.26. The largest absolute Gasteiger partial charge is 0.508 e. The van der Waals surface area contributed by atoms with Crippen LogP contribution in [-0.4, -0.2) is 16.1 Å². The highest BCUT2D eigenvalue weighted by atomic mass is 16.6. The molecule has 0 saturated carbocycles. The Kier molecular flexibility index (Phi) is 6.81. The topological polar surface area (TPSA) is 72.6 Å². The molecule has 25 heavy (non-hydrogen) atoms. The first kappa shape index (κ1) is 18.8. The molecule has 1 N–H and O–H groups in total. The van der Waals surface area contributed by atoms with Gasteiger partial charge in [-0.15, -0.1) is 0 Å². The number of rotatable bonds is 9. The maximum Gasteiger partial charge on any atom is 0.311 e. The molecule has 1 unspecified atom stereocenters. The van der Waals surface area contributed by atoms with E-state index in [0.29, 0.717) is 5.75 Å². The van der Waals surface area contributed by atoms with Gasteiger partial charge in [-0.1, -0.05) is 44.4 Å². The molecule has 0 radical (unpaired) electrons. The molecule has 5 heteroatoms. The zero-order valence-corrected chi connectivity index (χ0v) is 14.8. The van der Waals surface area contributed by atoms with Crippen molar-refractivity contribution in [3.8, 4) is 22.6 Å². The summed E-state index contributed by atoms with van der Waals surface area (Å²) in [5.41, 5.74) is 1.49.